The summed E-state index contributed by atoms with van der Waals surface area (Å²) in [5.41, 5.74) is -0.0869. The maximum Gasteiger partial charge on any atom is 0.377 e. The molecule has 1 N–H and O–H groups in total. The smallest absolute Gasteiger partial charge is 0.377 e. The molecule has 17 heavy (non-hydrogen) atoms. The monoisotopic (exact) mass is 302 g/mol. The molecule has 6 nitrogen and oxygen atoms in total. The van der Waals surface area contributed by atoms with Crippen molar-refractivity contribution in [3.05, 3.63) is 16.1 Å². The molecule has 0 aliphatic carbocycles. The number of carbonyl (C=O) groups excluding carboxylic acids is 1. The van der Waals surface area contributed by atoms with Crippen LogP contribution in [-0.2, 0) is 4.79 Å². The van der Waals surface area contributed by atoms with Gasteiger partial charge in [-0.2, -0.15) is 0 Å². The average Bonchev–Trinajstić information content (AvgIpc) is 2.76. The van der Waals surface area contributed by atoms with E-state index in [1.807, 2.05) is 0 Å². The molecule has 2 rings (SSSR count). The number of methoxy groups -OCH3 is 1. The van der Waals surface area contributed by atoms with Crippen LogP contribution in [-0.4, -0.2) is 30.8 Å². The minimum absolute atomic E-state index is 0.0157. The van der Waals surface area contributed by atoms with Crippen LogP contribution in [0.25, 0.3) is 0 Å². The topological polar surface area (TPSA) is 82.1 Å². The van der Waals surface area contributed by atoms with Gasteiger partial charge < -0.3 is 19.3 Å². The quantitative estimate of drug-likeness (QED) is 0.672. The van der Waals surface area contributed by atoms with Crippen molar-refractivity contribution in [1.82, 2.24) is 0 Å². The first-order valence-electron chi connectivity index (χ1n) is 4.50. The second kappa shape index (κ2) is 4.25. The Labute approximate surface area is 104 Å². The maximum atomic E-state index is 11.5. The fourth-order valence-corrected chi connectivity index (χ4v) is 2.15. The maximum absolute atomic E-state index is 11.5. The summed E-state index contributed by atoms with van der Waals surface area (Å²) < 4.78 is 15.6. The third-order valence-electron chi connectivity index (χ3n) is 2.20. The van der Waals surface area contributed by atoms with E-state index in [0.717, 1.165) is 0 Å². The number of hydrogen-bond acceptors (Lipinski definition) is 5. The van der Waals surface area contributed by atoms with E-state index in [0.29, 0.717) is 16.0 Å². The lowest BCUT2D eigenvalue weighted by Crippen LogP contribution is -2.14. The van der Waals surface area contributed by atoms with Crippen LogP contribution < -0.4 is 14.2 Å². The van der Waals surface area contributed by atoms with Gasteiger partial charge in [0.05, 0.1) is 12.7 Å². The molecule has 7 heteroatoms. The summed E-state index contributed by atoms with van der Waals surface area (Å²) in [4.78, 5) is 22.2. The molecule has 0 spiro atoms. The van der Waals surface area contributed by atoms with Crippen LogP contribution in [0.1, 0.15) is 10.4 Å². The zero-order chi connectivity index (χ0) is 12.6. The first kappa shape index (κ1) is 11.7. The number of ketones is 1. The highest BCUT2D eigenvalue weighted by atomic mass is 79.9. The second-order valence-electron chi connectivity index (χ2n) is 3.14. The summed E-state index contributed by atoms with van der Waals surface area (Å²) in [5, 5.41) is 8.70. The first-order valence-corrected chi connectivity index (χ1v) is 5.29. The summed E-state index contributed by atoms with van der Waals surface area (Å²) in [6.45, 7) is 0.0157. The Kier molecular flexibility index (Phi) is 2.93. The lowest BCUT2D eigenvalue weighted by Gasteiger charge is -2.10. The van der Waals surface area contributed by atoms with Crippen LogP contribution >= 0.6 is 15.9 Å². The molecule has 1 heterocycles. The van der Waals surface area contributed by atoms with Crippen LogP contribution in [0.5, 0.6) is 17.2 Å². The van der Waals surface area contributed by atoms with E-state index in [4.69, 9.17) is 19.3 Å². The lowest BCUT2D eigenvalue weighted by molar-refractivity contribution is -0.131. The summed E-state index contributed by atoms with van der Waals surface area (Å²) in [5.74, 6) is -1.82. The number of hydrogen-bond donors (Lipinski definition) is 1. The molecule has 0 saturated heterocycles. The number of carboxylic acid groups (broad SMARTS) is 1. The SMILES string of the molecule is COc1c(C(=O)C(=O)O)cc2c(c1Br)OCO2. The Balaban J connectivity index is 2.63. The van der Waals surface area contributed by atoms with Gasteiger partial charge >= 0.3 is 5.97 Å². The van der Waals surface area contributed by atoms with Crippen molar-refractivity contribution in [2.45, 2.75) is 0 Å². The van der Waals surface area contributed by atoms with E-state index in [1.54, 1.807) is 0 Å². The van der Waals surface area contributed by atoms with Crippen molar-refractivity contribution in [2.75, 3.05) is 13.9 Å². The molecule has 1 aromatic rings. The molecule has 0 saturated carbocycles. The predicted octanol–water partition coefficient (Wildman–Crippen LogP) is 1.45. The van der Waals surface area contributed by atoms with E-state index in [9.17, 15) is 9.59 Å². The number of Topliss-reactive ketones (excluding diaryl/α,β-unsaturated/α-hetero) is 1. The van der Waals surface area contributed by atoms with Crippen molar-refractivity contribution in [3.8, 4) is 17.2 Å². The molecule has 0 radical (unpaired) electrons. The van der Waals surface area contributed by atoms with Crippen LogP contribution in [0.3, 0.4) is 0 Å². The van der Waals surface area contributed by atoms with Gasteiger partial charge in [-0.15, -0.1) is 0 Å². The van der Waals surface area contributed by atoms with E-state index >= 15 is 0 Å². The summed E-state index contributed by atoms with van der Waals surface area (Å²) in [6, 6.07) is 1.29. The number of carbonyl (C=O) groups is 2. The van der Waals surface area contributed by atoms with Crippen molar-refractivity contribution >= 4 is 27.7 Å². The molecule has 1 aliphatic rings. The standard InChI is InChI=1S/C10H7BrO6/c1-15-8-4(7(12)10(13)14)2-5-9(6(8)11)17-3-16-5/h2H,3H2,1H3,(H,13,14). The summed E-state index contributed by atoms with van der Waals surface area (Å²) in [7, 11) is 1.33. The molecule has 1 aliphatic heterocycles. The van der Waals surface area contributed by atoms with Crippen LogP contribution in [0, 0.1) is 0 Å². The minimum atomic E-state index is -1.56. The molecule has 0 bridgehead atoms. The molecular formula is C10H7BrO6. The van der Waals surface area contributed by atoms with Gasteiger partial charge in [-0.25, -0.2) is 4.79 Å². The van der Waals surface area contributed by atoms with Gasteiger partial charge in [0.25, 0.3) is 5.78 Å². The number of halogens is 1. The molecular weight excluding hydrogens is 296 g/mol. The van der Waals surface area contributed by atoms with Crippen LogP contribution in [0.4, 0.5) is 0 Å². The Bertz CT molecular complexity index is 510. The van der Waals surface area contributed by atoms with E-state index in [2.05, 4.69) is 15.9 Å². The Morgan fingerprint density at radius 2 is 2.18 bits per heavy atom. The van der Waals surface area contributed by atoms with Crippen molar-refractivity contribution < 1.29 is 28.9 Å². The van der Waals surface area contributed by atoms with E-state index in [1.165, 1.54) is 13.2 Å². The van der Waals surface area contributed by atoms with Gasteiger partial charge in [0, 0.05) is 0 Å². The van der Waals surface area contributed by atoms with Crippen molar-refractivity contribution in [3.63, 3.8) is 0 Å². The Hall–Kier alpha value is -1.76. The number of rotatable bonds is 3. The molecule has 0 fully saturated rings. The van der Waals surface area contributed by atoms with Crippen molar-refractivity contribution in [2.24, 2.45) is 0 Å². The van der Waals surface area contributed by atoms with E-state index in [-0.39, 0.29) is 18.1 Å². The normalized spacial score (nSPS) is 12.4. The van der Waals surface area contributed by atoms with Gasteiger partial charge in [0.15, 0.2) is 11.5 Å². The highest BCUT2D eigenvalue weighted by Crippen LogP contribution is 2.46. The Morgan fingerprint density at radius 3 is 2.76 bits per heavy atom. The number of aliphatic carboxylic acids is 1. The third kappa shape index (κ3) is 1.82. The van der Waals surface area contributed by atoms with Crippen LogP contribution in [0.15, 0.2) is 10.5 Å². The second-order valence-corrected chi connectivity index (χ2v) is 3.93. The molecule has 90 valence electrons. The highest BCUT2D eigenvalue weighted by Gasteiger charge is 2.29. The fourth-order valence-electron chi connectivity index (χ4n) is 1.47. The zero-order valence-electron chi connectivity index (χ0n) is 8.65. The van der Waals surface area contributed by atoms with Crippen molar-refractivity contribution in [1.29, 1.82) is 0 Å². The minimum Gasteiger partial charge on any atom is -0.495 e. The van der Waals surface area contributed by atoms with Gasteiger partial charge in [-0.1, -0.05) is 0 Å². The predicted molar refractivity (Wildman–Crippen MR) is 58.8 cm³/mol. The number of benzene rings is 1. The third-order valence-corrected chi connectivity index (χ3v) is 2.92. The molecule has 0 aromatic heterocycles. The number of carboxylic acids is 1. The van der Waals surface area contributed by atoms with Gasteiger partial charge in [-0.3, -0.25) is 4.79 Å². The summed E-state index contributed by atoms with van der Waals surface area (Å²) >= 11 is 3.19. The first-order chi connectivity index (χ1) is 8.06. The molecule has 0 unspecified atom stereocenters. The van der Waals surface area contributed by atoms with E-state index < -0.39 is 11.8 Å². The highest BCUT2D eigenvalue weighted by molar-refractivity contribution is 9.10. The van der Waals surface area contributed by atoms with Gasteiger partial charge in [-0.05, 0) is 22.0 Å². The molecule has 0 amide bonds. The Morgan fingerprint density at radius 1 is 1.47 bits per heavy atom. The van der Waals surface area contributed by atoms with Crippen LogP contribution in [0.2, 0.25) is 0 Å². The number of ether oxygens (including phenoxy) is 3. The molecule has 1 aromatic carbocycles. The fraction of sp³-hybridized carbons (Fsp3) is 0.200. The average molecular weight is 303 g/mol. The summed E-state index contributed by atoms with van der Waals surface area (Å²) in [6.07, 6.45) is 0. The largest absolute Gasteiger partial charge is 0.495 e. The molecule has 0 atom stereocenters. The van der Waals surface area contributed by atoms with Gasteiger partial charge in [0.2, 0.25) is 6.79 Å². The van der Waals surface area contributed by atoms with Gasteiger partial charge in [0.1, 0.15) is 10.2 Å². The number of fused-ring (bicyclic) bond motifs is 1. The zero-order valence-corrected chi connectivity index (χ0v) is 10.2. The lowest BCUT2D eigenvalue weighted by atomic mass is 10.1.